The SMILES string of the molecule is COc1ccc(CN(C(=O)Cc2ccc(Cl)cc2)C2CCS(=O)(=O)C2)cc1. The van der Waals surface area contributed by atoms with E-state index in [1.54, 1.807) is 24.1 Å². The summed E-state index contributed by atoms with van der Waals surface area (Å²) in [6.07, 6.45) is 0.689. The molecule has 1 heterocycles. The van der Waals surface area contributed by atoms with E-state index in [1.165, 1.54) is 0 Å². The Hall–Kier alpha value is -2.05. The molecule has 0 N–H and O–H groups in total. The van der Waals surface area contributed by atoms with Gasteiger partial charge in [0.1, 0.15) is 5.75 Å². The van der Waals surface area contributed by atoms with Gasteiger partial charge < -0.3 is 9.64 Å². The van der Waals surface area contributed by atoms with Crippen molar-refractivity contribution in [2.45, 2.75) is 25.4 Å². The van der Waals surface area contributed by atoms with Gasteiger partial charge in [-0.2, -0.15) is 0 Å². The van der Waals surface area contributed by atoms with Crippen molar-refractivity contribution in [1.29, 1.82) is 0 Å². The fourth-order valence-electron chi connectivity index (χ4n) is 3.25. The molecule has 7 heteroatoms. The molecule has 1 aliphatic rings. The first-order valence-corrected chi connectivity index (χ1v) is 10.9. The van der Waals surface area contributed by atoms with E-state index < -0.39 is 9.84 Å². The molecular formula is C20H22ClNO4S. The molecule has 1 unspecified atom stereocenters. The number of halogens is 1. The summed E-state index contributed by atoms with van der Waals surface area (Å²) in [6, 6.07) is 14.3. The highest BCUT2D eigenvalue weighted by molar-refractivity contribution is 7.91. The number of nitrogens with zero attached hydrogens (tertiary/aromatic N) is 1. The Balaban J connectivity index is 1.79. The molecule has 1 saturated heterocycles. The lowest BCUT2D eigenvalue weighted by atomic mass is 10.1. The van der Waals surface area contributed by atoms with Gasteiger partial charge in [0.15, 0.2) is 9.84 Å². The molecule has 1 aliphatic heterocycles. The number of sulfone groups is 1. The first kappa shape index (κ1) is 19.7. The minimum absolute atomic E-state index is 0.0233. The van der Waals surface area contributed by atoms with Crippen LogP contribution in [-0.4, -0.2) is 43.9 Å². The standard InChI is InChI=1S/C20H22ClNO4S/c1-26-19-8-4-16(5-9-19)13-22(18-10-11-27(24,25)14-18)20(23)12-15-2-6-17(21)7-3-15/h2-9,18H,10-14H2,1H3. The summed E-state index contributed by atoms with van der Waals surface area (Å²) in [4.78, 5) is 14.7. The van der Waals surface area contributed by atoms with Crippen molar-refractivity contribution in [3.63, 3.8) is 0 Å². The zero-order chi connectivity index (χ0) is 19.4. The van der Waals surface area contributed by atoms with Gasteiger partial charge >= 0.3 is 0 Å². The maximum atomic E-state index is 13.0. The summed E-state index contributed by atoms with van der Waals surface area (Å²) in [5, 5.41) is 0.614. The summed E-state index contributed by atoms with van der Waals surface area (Å²) in [7, 11) is -1.49. The molecule has 0 spiro atoms. The number of amides is 1. The molecular weight excluding hydrogens is 386 g/mol. The Labute approximate surface area is 164 Å². The monoisotopic (exact) mass is 407 g/mol. The van der Waals surface area contributed by atoms with Crippen LogP contribution in [0.2, 0.25) is 5.02 Å². The molecule has 5 nitrogen and oxygen atoms in total. The Kier molecular flexibility index (Phi) is 6.07. The van der Waals surface area contributed by atoms with Crippen LogP contribution in [0.1, 0.15) is 17.5 Å². The van der Waals surface area contributed by atoms with E-state index in [0.717, 1.165) is 16.9 Å². The van der Waals surface area contributed by atoms with Crippen molar-refractivity contribution >= 4 is 27.3 Å². The number of hydrogen-bond donors (Lipinski definition) is 0. The molecule has 0 aromatic heterocycles. The van der Waals surface area contributed by atoms with Gasteiger partial charge in [0.2, 0.25) is 5.91 Å². The van der Waals surface area contributed by atoms with Crippen LogP contribution >= 0.6 is 11.6 Å². The first-order chi connectivity index (χ1) is 12.9. The molecule has 3 rings (SSSR count). The van der Waals surface area contributed by atoms with E-state index in [4.69, 9.17) is 16.3 Å². The van der Waals surface area contributed by atoms with Crippen LogP contribution in [0.25, 0.3) is 0 Å². The molecule has 0 bridgehead atoms. The topological polar surface area (TPSA) is 63.7 Å². The molecule has 2 aromatic rings. The summed E-state index contributed by atoms with van der Waals surface area (Å²) in [5.74, 6) is 0.803. The molecule has 27 heavy (non-hydrogen) atoms. The van der Waals surface area contributed by atoms with Crippen LogP contribution in [0.5, 0.6) is 5.75 Å². The summed E-state index contributed by atoms with van der Waals surface area (Å²) in [6.45, 7) is 0.372. The third-order valence-corrected chi connectivity index (χ3v) is 6.75. The van der Waals surface area contributed by atoms with Crippen LogP contribution in [0, 0.1) is 0 Å². The van der Waals surface area contributed by atoms with Crippen LogP contribution in [0.3, 0.4) is 0 Å². The number of rotatable bonds is 6. The van der Waals surface area contributed by atoms with Gasteiger partial charge in [-0.15, -0.1) is 0 Å². The fourth-order valence-corrected chi connectivity index (χ4v) is 5.10. The number of carbonyl (C=O) groups excluding carboxylic acids is 1. The van der Waals surface area contributed by atoms with Crippen molar-refractivity contribution in [3.05, 3.63) is 64.7 Å². The van der Waals surface area contributed by atoms with Gasteiger partial charge in [-0.05, 0) is 41.8 Å². The normalized spacial score (nSPS) is 18.2. The molecule has 0 saturated carbocycles. The average Bonchev–Trinajstić information content (AvgIpc) is 3.01. The van der Waals surface area contributed by atoms with Crippen molar-refractivity contribution < 1.29 is 17.9 Å². The molecule has 1 amide bonds. The van der Waals surface area contributed by atoms with Gasteiger partial charge in [-0.25, -0.2) is 8.42 Å². The van der Waals surface area contributed by atoms with Gasteiger partial charge in [0.25, 0.3) is 0 Å². The minimum Gasteiger partial charge on any atom is -0.497 e. The Morgan fingerprint density at radius 3 is 2.30 bits per heavy atom. The molecule has 0 aliphatic carbocycles. The number of hydrogen-bond acceptors (Lipinski definition) is 4. The fraction of sp³-hybridized carbons (Fsp3) is 0.350. The quantitative estimate of drug-likeness (QED) is 0.738. The molecule has 2 aromatic carbocycles. The van der Waals surface area contributed by atoms with Crippen molar-refractivity contribution in [2.75, 3.05) is 18.6 Å². The molecule has 144 valence electrons. The van der Waals surface area contributed by atoms with Crippen LogP contribution < -0.4 is 4.74 Å². The van der Waals surface area contributed by atoms with E-state index in [9.17, 15) is 13.2 Å². The Morgan fingerprint density at radius 1 is 1.11 bits per heavy atom. The van der Waals surface area contributed by atoms with Crippen molar-refractivity contribution in [1.82, 2.24) is 4.90 Å². The van der Waals surface area contributed by atoms with Gasteiger partial charge in [-0.1, -0.05) is 35.9 Å². The van der Waals surface area contributed by atoms with Crippen molar-refractivity contribution in [2.24, 2.45) is 0 Å². The number of methoxy groups -OCH3 is 1. The largest absolute Gasteiger partial charge is 0.497 e. The maximum Gasteiger partial charge on any atom is 0.227 e. The smallest absolute Gasteiger partial charge is 0.227 e. The van der Waals surface area contributed by atoms with E-state index in [-0.39, 0.29) is 29.9 Å². The van der Waals surface area contributed by atoms with E-state index >= 15 is 0 Å². The lowest BCUT2D eigenvalue weighted by Gasteiger charge is -2.28. The summed E-state index contributed by atoms with van der Waals surface area (Å²) >= 11 is 5.91. The highest BCUT2D eigenvalue weighted by Gasteiger charge is 2.34. The molecule has 0 radical (unpaired) electrons. The zero-order valence-electron chi connectivity index (χ0n) is 15.1. The minimum atomic E-state index is -3.09. The predicted octanol–water partition coefficient (Wildman–Crippen LogP) is 3.11. The lowest BCUT2D eigenvalue weighted by molar-refractivity contribution is -0.133. The van der Waals surface area contributed by atoms with E-state index in [1.807, 2.05) is 36.4 Å². The van der Waals surface area contributed by atoms with Gasteiger partial charge in [-0.3, -0.25) is 4.79 Å². The van der Waals surface area contributed by atoms with Crippen molar-refractivity contribution in [3.8, 4) is 5.75 Å². The van der Waals surface area contributed by atoms with Crippen LogP contribution in [-0.2, 0) is 27.6 Å². The second-order valence-corrected chi connectivity index (χ2v) is 9.39. The number of ether oxygens (including phenoxy) is 1. The number of benzene rings is 2. The summed E-state index contributed by atoms with van der Waals surface area (Å²) < 4.78 is 29.0. The lowest BCUT2D eigenvalue weighted by Crippen LogP contribution is -2.41. The third kappa shape index (κ3) is 5.23. The van der Waals surface area contributed by atoms with Crippen LogP contribution in [0.15, 0.2) is 48.5 Å². The van der Waals surface area contributed by atoms with Gasteiger partial charge in [0.05, 0.1) is 25.0 Å². The second-order valence-electron chi connectivity index (χ2n) is 6.73. The highest BCUT2D eigenvalue weighted by atomic mass is 35.5. The Bertz CT molecular complexity index is 895. The maximum absolute atomic E-state index is 13.0. The molecule has 1 atom stereocenters. The average molecular weight is 408 g/mol. The first-order valence-electron chi connectivity index (χ1n) is 8.73. The Morgan fingerprint density at radius 2 is 1.74 bits per heavy atom. The van der Waals surface area contributed by atoms with E-state index in [0.29, 0.717) is 18.0 Å². The molecule has 1 fully saturated rings. The second kappa shape index (κ2) is 8.31. The van der Waals surface area contributed by atoms with Crippen LogP contribution in [0.4, 0.5) is 0 Å². The highest BCUT2D eigenvalue weighted by Crippen LogP contribution is 2.22. The summed E-state index contributed by atoms with van der Waals surface area (Å²) in [5.41, 5.74) is 1.79. The zero-order valence-corrected chi connectivity index (χ0v) is 16.7. The predicted molar refractivity (Wildman–Crippen MR) is 106 cm³/mol. The third-order valence-electron chi connectivity index (χ3n) is 4.75. The van der Waals surface area contributed by atoms with E-state index in [2.05, 4.69) is 0 Å². The number of carbonyl (C=O) groups is 1. The van der Waals surface area contributed by atoms with Gasteiger partial charge in [0, 0.05) is 17.6 Å².